The second-order valence-corrected chi connectivity index (χ2v) is 2.66. The van der Waals surface area contributed by atoms with Crippen molar-refractivity contribution in [2.24, 2.45) is 4.99 Å². The number of nitrogens with one attached hydrogen (secondary N) is 1. The lowest BCUT2D eigenvalue weighted by Crippen LogP contribution is -2.29. The zero-order chi connectivity index (χ0) is 9.84. The van der Waals surface area contributed by atoms with Crippen molar-refractivity contribution >= 4 is 18.0 Å². The minimum atomic E-state index is -0.547. The molecule has 70 valence electrons. The first-order chi connectivity index (χ1) is 6.16. The number of rotatable bonds is 3. The number of aliphatic imine (C=N–C) groups is 1. The van der Waals surface area contributed by atoms with Gasteiger partial charge in [-0.25, -0.2) is 14.6 Å². The van der Waals surface area contributed by atoms with Crippen LogP contribution in [0.1, 0.15) is 6.42 Å². The Labute approximate surface area is 74.6 Å². The summed E-state index contributed by atoms with van der Waals surface area (Å²) in [6.45, 7) is 0.202. The topological polar surface area (TPSA) is 78.8 Å². The van der Waals surface area contributed by atoms with E-state index in [0.717, 1.165) is 4.90 Å². The summed E-state index contributed by atoms with van der Waals surface area (Å²) in [4.78, 5) is 36.1. The van der Waals surface area contributed by atoms with Crippen LogP contribution in [0, 0.1) is 0 Å². The fraction of sp³-hybridized carbons (Fsp3) is 0.571. The summed E-state index contributed by atoms with van der Waals surface area (Å²) < 4.78 is 0. The summed E-state index contributed by atoms with van der Waals surface area (Å²) in [5, 5.41) is 2.46. The Morgan fingerprint density at radius 3 is 2.77 bits per heavy atom. The summed E-state index contributed by atoms with van der Waals surface area (Å²) in [5.41, 5.74) is 0. The minimum Gasteiger partial charge on any atom is -0.326 e. The highest BCUT2D eigenvalue weighted by Gasteiger charge is 2.34. The number of amides is 3. The average molecular weight is 183 g/mol. The van der Waals surface area contributed by atoms with Crippen LogP contribution >= 0.6 is 0 Å². The molecule has 1 heterocycles. The molecule has 1 atom stereocenters. The maximum Gasteiger partial charge on any atom is 0.324 e. The lowest BCUT2D eigenvalue weighted by Gasteiger charge is -2.04. The van der Waals surface area contributed by atoms with Gasteiger partial charge >= 0.3 is 6.03 Å². The van der Waals surface area contributed by atoms with Gasteiger partial charge in [-0.3, -0.25) is 9.69 Å². The molecule has 0 aromatic heterocycles. The van der Waals surface area contributed by atoms with E-state index in [4.69, 9.17) is 0 Å². The van der Waals surface area contributed by atoms with Crippen LogP contribution < -0.4 is 5.32 Å². The van der Waals surface area contributed by atoms with Gasteiger partial charge in [0.1, 0.15) is 6.04 Å². The molecular weight excluding hydrogens is 174 g/mol. The molecule has 1 unspecified atom stereocenters. The predicted molar refractivity (Wildman–Crippen MR) is 42.7 cm³/mol. The van der Waals surface area contributed by atoms with Crippen LogP contribution in [0.25, 0.3) is 0 Å². The van der Waals surface area contributed by atoms with E-state index in [1.807, 2.05) is 0 Å². The summed E-state index contributed by atoms with van der Waals surface area (Å²) in [6, 6.07) is -0.959. The number of likely N-dealkylation sites (N-methyl/N-ethyl adjacent to an activating group) is 1. The molecule has 0 radical (unpaired) electrons. The Morgan fingerprint density at radius 1 is 1.62 bits per heavy atom. The Kier molecular flexibility index (Phi) is 2.76. The monoisotopic (exact) mass is 183 g/mol. The molecule has 3 amide bonds. The third-order valence-electron chi connectivity index (χ3n) is 1.83. The van der Waals surface area contributed by atoms with Crippen molar-refractivity contribution in [2.45, 2.75) is 12.5 Å². The van der Waals surface area contributed by atoms with Gasteiger partial charge in [0.2, 0.25) is 6.08 Å². The first-order valence-electron chi connectivity index (χ1n) is 3.78. The first-order valence-corrected chi connectivity index (χ1v) is 3.78. The Balaban J connectivity index is 2.49. The highest BCUT2D eigenvalue weighted by molar-refractivity contribution is 6.03. The Bertz CT molecular complexity index is 283. The smallest absolute Gasteiger partial charge is 0.324 e. The summed E-state index contributed by atoms with van der Waals surface area (Å²) in [5.74, 6) is -0.286. The molecule has 1 saturated heterocycles. The highest BCUT2D eigenvalue weighted by atomic mass is 16.2. The molecule has 6 nitrogen and oxygen atoms in total. The third kappa shape index (κ3) is 1.91. The molecule has 0 aromatic carbocycles. The van der Waals surface area contributed by atoms with E-state index in [9.17, 15) is 14.4 Å². The van der Waals surface area contributed by atoms with Crippen LogP contribution in [0.5, 0.6) is 0 Å². The molecule has 0 bridgehead atoms. The second kappa shape index (κ2) is 3.82. The summed E-state index contributed by atoms with van der Waals surface area (Å²) in [6.07, 6.45) is 1.70. The van der Waals surface area contributed by atoms with E-state index in [0.29, 0.717) is 6.42 Å². The van der Waals surface area contributed by atoms with Gasteiger partial charge < -0.3 is 5.32 Å². The van der Waals surface area contributed by atoms with Crippen molar-refractivity contribution in [2.75, 3.05) is 13.6 Å². The Hall–Kier alpha value is -1.68. The molecule has 1 rings (SSSR count). The number of carbonyl (C=O) groups is 2. The fourth-order valence-corrected chi connectivity index (χ4v) is 1.08. The molecule has 0 aromatic rings. The van der Waals surface area contributed by atoms with Crippen molar-refractivity contribution < 1.29 is 14.4 Å². The van der Waals surface area contributed by atoms with Gasteiger partial charge in [0.25, 0.3) is 5.91 Å². The highest BCUT2D eigenvalue weighted by Crippen LogP contribution is 2.06. The largest absolute Gasteiger partial charge is 0.326 e. The summed E-state index contributed by atoms with van der Waals surface area (Å²) in [7, 11) is 1.40. The molecular formula is C7H9N3O3. The molecule has 0 spiro atoms. The van der Waals surface area contributed by atoms with Crippen LogP contribution in [-0.4, -0.2) is 42.6 Å². The third-order valence-corrected chi connectivity index (χ3v) is 1.83. The fourth-order valence-electron chi connectivity index (χ4n) is 1.08. The van der Waals surface area contributed by atoms with Crippen LogP contribution in [0.15, 0.2) is 4.99 Å². The second-order valence-electron chi connectivity index (χ2n) is 2.66. The van der Waals surface area contributed by atoms with E-state index in [-0.39, 0.29) is 12.5 Å². The van der Waals surface area contributed by atoms with E-state index in [2.05, 4.69) is 10.3 Å². The van der Waals surface area contributed by atoms with Crippen LogP contribution in [0.3, 0.4) is 0 Å². The standard InChI is InChI=1S/C7H9N3O3/c1-10-6(12)5(9-7(10)13)2-3-8-4-11/h5H,2-3H2,1H3,(H,9,13). The van der Waals surface area contributed by atoms with Gasteiger partial charge in [-0.2, -0.15) is 0 Å². The number of hydrogen-bond donors (Lipinski definition) is 1. The molecule has 13 heavy (non-hydrogen) atoms. The number of imide groups is 1. The maximum atomic E-state index is 11.2. The normalized spacial score (nSPS) is 21.3. The van der Waals surface area contributed by atoms with Crippen molar-refractivity contribution in [3.63, 3.8) is 0 Å². The van der Waals surface area contributed by atoms with Gasteiger partial charge in [0, 0.05) is 7.05 Å². The number of hydrogen-bond acceptors (Lipinski definition) is 4. The SMILES string of the molecule is CN1C(=O)NC(CCN=C=O)C1=O. The van der Waals surface area contributed by atoms with Crippen molar-refractivity contribution in [1.82, 2.24) is 10.2 Å². The molecule has 6 heteroatoms. The molecule has 1 N–H and O–H groups in total. The maximum absolute atomic E-state index is 11.2. The average Bonchev–Trinajstić information content (AvgIpc) is 2.34. The van der Waals surface area contributed by atoms with Gasteiger partial charge in [0.15, 0.2) is 0 Å². The molecule has 0 aliphatic carbocycles. The van der Waals surface area contributed by atoms with Crippen LogP contribution in [0.2, 0.25) is 0 Å². The van der Waals surface area contributed by atoms with Crippen LogP contribution in [0.4, 0.5) is 4.79 Å². The number of urea groups is 1. The van der Waals surface area contributed by atoms with E-state index in [1.54, 1.807) is 0 Å². The number of nitrogens with zero attached hydrogens (tertiary/aromatic N) is 2. The van der Waals surface area contributed by atoms with E-state index < -0.39 is 12.1 Å². The molecule has 1 aliphatic rings. The number of carbonyl (C=O) groups excluding carboxylic acids is 3. The van der Waals surface area contributed by atoms with E-state index in [1.165, 1.54) is 13.1 Å². The quantitative estimate of drug-likeness (QED) is 0.355. The zero-order valence-corrected chi connectivity index (χ0v) is 7.11. The summed E-state index contributed by atoms with van der Waals surface area (Å²) >= 11 is 0. The molecule has 1 aliphatic heterocycles. The van der Waals surface area contributed by atoms with Gasteiger partial charge in [-0.1, -0.05) is 0 Å². The molecule has 1 fully saturated rings. The van der Waals surface area contributed by atoms with Gasteiger partial charge in [-0.15, -0.1) is 0 Å². The van der Waals surface area contributed by atoms with E-state index >= 15 is 0 Å². The molecule has 0 saturated carbocycles. The van der Waals surface area contributed by atoms with Crippen molar-refractivity contribution in [3.8, 4) is 0 Å². The lowest BCUT2D eigenvalue weighted by molar-refractivity contribution is -0.126. The predicted octanol–water partition coefficient (Wildman–Crippen LogP) is -0.738. The number of isocyanates is 1. The van der Waals surface area contributed by atoms with Crippen molar-refractivity contribution in [1.29, 1.82) is 0 Å². The Morgan fingerprint density at radius 2 is 2.31 bits per heavy atom. The van der Waals surface area contributed by atoms with Crippen molar-refractivity contribution in [3.05, 3.63) is 0 Å². The van der Waals surface area contributed by atoms with Crippen LogP contribution in [-0.2, 0) is 9.59 Å². The van der Waals surface area contributed by atoms with Gasteiger partial charge in [0.05, 0.1) is 6.54 Å². The first kappa shape index (κ1) is 9.41. The minimum absolute atomic E-state index is 0.202. The lowest BCUT2D eigenvalue weighted by atomic mass is 10.2. The zero-order valence-electron chi connectivity index (χ0n) is 7.11. The van der Waals surface area contributed by atoms with Gasteiger partial charge in [-0.05, 0) is 6.42 Å².